The van der Waals surface area contributed by atoms with Crippen LogP contribution in [-0.4, -0.2) is 26.0 Å². The maximum atomic E-state index is 11.0. The molecule has 3 nitrogen and oxygen atoms in total. The van der Waals surface area contributed by atoms with Gasteiger partial charge in [-0.15, -0.1) is 0 Å². The van der Waals surface area contributed by atoms with Gasteiger partial charge in [-0.05, 0) is 43.9 Å². The maximum Gasteiger partial charge on any atom is 0.150 e. The Morgan fingerprint density at radius 1 is 1.44 bits per heavy atom. The summed E-state index contributed by atoms with van der Waals surface area (Å²) < 4.78 is 5.47. The molecule has 0 N–H and O–H groups in total. The van der Waals surface area contributed by atoms with Crippen LogP contribution in [0.1, 0.15) is 49.0 Å². The third-order valence-electron chi connectivity index (χ3n) is 4.06. The second kappa shape index (κ2) is 4.30. The summed E-state index contributed by atoms with van der Waals surface area (Å²) >= 11 is 0. The van der Waals surface area contributed by atoms with Crippen LogP contribution in [0.2, 0.25) is 0 Å². The Bertz CT molecular complexity index is 480. The lowest BCUT2D eigenvalue weighted by atomic mass is 9.80. The molecular formula is C15H21NO2. The van der Waals surface area contributed by atoms with Gasteiger partial charge in [0, 0.05) is 18.2 Å². The van der Waals surface area contributed by atoms with Crippen LogP contribution in [0.5, 0.6) is 5.75 Å². The third kappa shape index (κ3) is 1.88. The van der Waals surface area contributed by atoms with Crippen molar-refractivity contribution < 1.29 is 9.53 Å². The number of hydrogen-bond acceptors (Lipinski definition) is 3. The number of hydrogen-bond donors (Lipinski definition) is 0. The molecule has 0 unspecified atom stereocenters. The molecule has 1 aliphatic heterocycles. The molecule has 3 heteroatoms. The van der Waals surface area contributed by atoms with Gasteiger partial charge in [0.2, 0.25) is 0 Å². The molecular weight excluding hydrogens is 226 g/mol. The molecule has 18 heavy (non-hydrogen) atoms. The number of nitrogens with zero attached hydrogens (tertiary/aromatic N) is 1. The average Bonchev–Trinajstić information content (AvgIpc) is 2.34. The number of anilines is 1. The van der Waals surface area contributed by atoms with Crippen LogP contribution in [0.3, 0.4) is 0 Å². The van der Waals surface area contributed by atoms with Gasteiger partial charge in [0.25, 0.3) is 0 Å². The Morgan fingerprint density at radius 3 is 2.67 bits per heavy atom. The molecule has 1 aromatic carbocycles. The number of benzene rings is 1. The highest BCUT2D eigenvalue weighted by Crippen LogP contribution is 2.47. The molecule has 2 rings (SSSR count). The van der Waals surface area contributed by atoms with Crippen molar-refractivity contribution in [3.63, 3.8) is 0 Å². The van der Waals surface area contributed by atoms with Gasteiger partial charge in [-0.1, -0.05) is 6.92 Å². The fourth-order valence-electron chi connectivity index (χ4n) is 2.91. The summed E-state index contributed by atoms with van der Waals surface area (Å²) in [6.07, 6.45) is 1.96. The number of aldehydes is 1. The first-order chi connectivity index (χ1) is 8.40. The first-order valence-electron chi connectivity index (χ1n) is 6.31. The van der Waals surface area contributed by atoms with Crippen molar-refractivity contribution in [3.05, 3.63) is 23.3 Å². The predicted molar refractivity (Wildman–Crippen MR) is 73.9 cm³/mol. The first-order valence-corrected chi connectivity index (χ1v) is 6.31. The molecule has 0 radical (unpaired) electrons. The van der Waals surface area contributed by atoms with Crippen molar-refractivity contribution in [2.24, 2.45) is 0 Å². The van der Waals surface area contributed by atoms with E-state index in [-0.39, 0.29) is 5.54 Å². The van der Waals surface area contributed by atoms with E-state index in [2.05, 4.69) is 32.7 Å². The number of methoxy groups -OCH3 is 1. The van der Waals surface area contributed by atoms with Gasteiger partial charge in [0.15, 0.2) is 0 Å². The number of carbonyl (C=O) groups excluding carboxylic acids is 1. The molecule has 0 amide bonds. The van der Waals surface area contributed by atoms with E-state index >= 15 is 0 Å². The first kappa shape index (κ1) is 12.9. The van der Waals surface area contributed by atoms with E-state index in [0.717, 1.165) is 24.1 Å². The predicted octanol–water partition coefficient (Wildman–Crippen LogP) is 3.23. The van der Waals surface area contributed by atoms with Crippen LogP contribution in [0.4, 0.5) is 5.69 Å². The minimum atomic E-state index is 0.0996. The monoisotopic (exact) mass is 247 g/mol. The molecule has 0 saturated carbocycles. The highest BCUT2D eigenvalue weighted by Gasteiger charge is 2.36. The Hall–Kier alpha value is -1.51. The number of ether oxygens (including phenoxy) is 1. The maximum absolute atomic E-state index is 11.0. The summed E-state index contributed by atoms with van der Waals surface area (Å²) in [5.74, 6) is 1.22. The summed E-state index contributed by atoms with van der Waals surface area (Å²) in [5.41, 5.74) is 3.11. The summed E-state index contributed by atoms with van der Waals surface area (Å²) in [4.78, 5) is 13.3. The zero-order chi connectivity index (χ0) is 13.5. The van der Waals surface area contributed by atoms with Crippen molar-refractivity contribution >= 4 is 12.0 Å². The average molecular weight is 247 g/mol. The summed E-state index contributed by atoms with van der Waals surface area (Å²) in [6.45, 7) is 6.68. The minimum absolute atomic E-state index is 0.0996. The van der Waals surface area contributed by atoms with Crippen molar-refractivity contribution in [3.8, 4) is 5.75 Å². The van der Waals surface area contributed by atoms with E-state index in [1.807, 2.05) is 12.1 Å². The molecule has 0 bridgehead atoms. The van der Waals surface area contributed by atoms with E-state index in [4.69, 9.17) is 4.74 Å². The Kier molecular flexibility index (Phi) is 3.09. The molecule has 1 atom stereocenters. The quantitative estimate of drug-likeness (QED) is 0.751. The molecule has 0 aliphatic carbocycles. The van der Waals surface area contributed by atoms with E-state index in [1.165, 1.54) is 5.56 Å². The van der Waals surface area contributed by atoms with E-state index in [1.54, 1.807) is 7.11 Å². The van der Waals surface area contributed by atoms with Gasteiger partial charge in [-0.25, -0.2) is 0 Å². The standard InChI is InChI=1S/C15H21NO2/c1-10-8-15(2,3)16(4)14-12(10)6-11(9-17)7-13(14)18-5/h6-7,9-10H,8H2,1-5H3/t10-/m1/s1. The van der Waals surface area contributed by atoms with Crippen molar-refractivity contribution in [1.82, 2.24) is 0 Å². The number of rotatable bonds is 2. The van der Waals surface area contributed by atoms with Crippen molar-refractivity contribution in [1.29, 1.82) is 0 Å². The molecule has 98 valence electrons. The van der Waals surface area contributed by atoms with Crippen molar-refractivity contribution in [2.45, 2.75) is 38.6 Å². The summed E-state index contributed by atoms with van der Waals surface area (Å²) in [5, 5.41) is 0. The van der Waals surface area contributed by atoms with Gasteiger partial charge in [0.05, 0.1) is 12.8 Å². The Balaban J connectivity index is 2.67. The summed E-state index contributed by atoms with van der Waals surface area (Å²) in [7, 11) is 3.75. The van der Waals surface area contributed by atoms with Crippen LogP contribution in [0.25, 0.3) is 0 Å². The van der Waals surface area contributed by atoms with Gasteiger partial charge in [-0.3, -0.25) is 4.79 Å². The van der Waals surface area contributed by atoms with Gasteiger partial charge >= 0.3 is 0 Å². The molecule has 1 heterocycles. The Labute approximate surface area is 109 Å². The third-order valence-corrected chi connectivity index (χ3v) is 4.06. The number of carbonyl (C=O) groups is 1. The SMILES string of the molecule is COc1cc(C=O)cc2c1N(C)C(C)(C)C[C@H]2C. The smallest absolute Gasteiger partial charge is 0.150 e. The lowest BCUT2D eigenvalue weighted by Crippen LogP contribution is -2.45. The second-order valence-corrected chi connectivity index (χ2v) is 5.76. The minimum Gasteiger partial charge on any atom is -0.495 e. The zero-order valence-electron chi connectivity index (χ0n) is 11.8. The largest absolute Gasteiger partial charge is 0.495 e. The Morgan fingerprint density at radius 2 is 2.11 bits per heavy atom. The molecule has 1 aliphatic rings. The van der Waals surface area contributed by atoms with Gasteiger partial charge < -0.3 is 9.64 Å². The normalized spacial score (nSPS) is 21.4. The van der Waals surface area contributed by atoms with Gasteiger partial charge in [-0.2, -0.15) is 0 Å². The van der Waals surface area contributed by atoms with Gasteiger partial charge in [0.1, 0.15) is 12.0 Å². The van der Waals surface area contributed by atoms with E-state index in [0.29, 0.717) is 11.5 Å². The lowest BCUT2D eigenvalue weighted by molar-refractivity contribution is 0.112. The fourth-order valence-corrected chi connectivity index (χ4v) is 2.91. The second-order valence-electron chi connectivity index (χ2n) is 5.76. The van der Waals surface area contributed by atoms with Crippen LogP contribution in [0.15, 0.2) is 12.1 Å². The van der Waals surface area contributed by atoms with E-state index < -0.39 is 0 Å². The van der Waals surface area contributed by atoms with Crippen LogP contribution < -0.4 is 9.64 Å². The molecule has 0 aromatic heterocycles. The topological polar surface area (TPSA) is 29.5 Å². The van der Waals surface area contributed by atoms with Crippen molar-refractivity contribution in [2.75, 3.05) is 19.1 Å². The van der Waals surface area contributed by atoms with Crippen LogP contribution >= 0.6 is 0 Å². The molecule has 1 aromatic rings. The fraction of sp³-hybridized carbons (Fsp3) is 0.533. The highest BCUT2D eigenvalue weighted by atomic mass is 16.5. The molecule has 0 spiro atoms. The zero-order valence-corrected chi connectivity index (χ0v) is 11.8. The van der Waals surface area contributed by atoms with Crippen LogP contribution in [-0.2, 0) is 0 Å². The molecule has 0 saturated heterocycles. The van der Waals surface area contributed by atoms with Crippen LogP contribution in [0, 0.1) is 0 Å². The molecule has 0 fully saturated rings. The number of fused-ring (bicyclic) bond motifs is 1. The lowest BCUT2D eigenvalue weighted by Gasteiger charge is -2.46. The summed E-state index contributed by atoms with van der Waals surface area (Å²) in [6, 6.07) is 3.80. The highest BCUT2D eigenvalue weighted by molar-refractivity contribution is 5.81. The van der Waals surface area contributed by atoms with E-state index in [9.17, 15) is 4.79 Å².